The Morgan fingerprint density at radius 3 is 2.36 bits per heavy atom. The van der Waals surface area contributed by atoms with Crippen LogP contribution < -0.4 is 10.1 Å². The van der Waals surface area contributed by atoms with Crippen molar-refractivity contribution in [1.82, 2.24) is 15.3 Å². The monoisotopic (exact) mass is 401 g/mol. The number of rotatable bonds is 6. The molecule has 1 aliphatic carbocycles. The molecule has 0 unspecified atom stereocenters. The molecule has 2 aromatic rings. The van der Waals surface area contributed by atoms with E-state index in [4.69, 9.17) is 9.47 Å². The van der Waals surface area contributed by atoms with Gasteiger partial charge in [0, 0.05) is 29.2 Å². The average Bonchev–Trinajstić information content (AvgIpc) is 2.74. The number of carbonyl (C=O) groups is 2. The first-order valence-corrected chi connectivity index (χ1v) is 9.99. The van der Waals surface area contributed by atoms with E-state index >= 15 is 0 Å². The minimum Gasteiger partial charge on any atom is -0.497 e. The third-order valence-corrected chi connectivity index (χ3v) is 5.88. The lowest BCUT2D eigenvalue weighted by molar-refractivity contribution is 0.0600. The van der Waals surface area contributed by atoms with Crippen molar-refractivity contribution in [2.75, 3.05) is 14.2 Å². The van der Waals surface area contributed by atoms with Crippen LogP contribution in [-0.2, 0) is 4.74 Å². The minimum absolute atomic E-state index is 0.105. The second-order valence-corrected chi connectivity index (χ2v) is 7.81. The maximum atomic E-state index is 12.7. The van der Waals surface area contributed by atoms with E-state index in [-0.39, 0.29) is 17.5 Å². The molecule has 1 aromatic carbocycles. The second kappa shape index (κ2) is 9.54. The molecule has 0 radical (unpaired) electrons. The number of hydrogen-bond donors (Lipinski definition) is 1. The van der Waals surface area contributed by atoms with E-state index < -0.39 is 5.97 Å². The summed E-state index contributed by atoms with van der Waals surface area (Å²) in [6.07, 6.45) is 7.25. The summed E-state index contributed by atoms with van der Waals surface area (Å²) in [6.45, 7) is 0. The summed E-state index contributed by atoms with van der Waals surface area (Å²) in [6, 6.07) is 6.61. The molecule has 0 bridgehead atoms. The molecule has 8 heteroatoms. The van der Waals surface area contributed by atoms with E-state index in [1.165, 1.54) is 20.3 Å². The highest BCUT2D eigenvalue weighted by atomic mass is 32.2. The quantitative estimate of drug-likeness (QED) is 0.587. The topological polar surface area (TPSA) is 90.4 Å². The average molecular weight is 401 g/mol. The first-order valence-electron chi connectivity index (χ1n) is 9.11. The highest BCUT2D eigenvalue weighted by Crippen LogP contribution is 2.32. The van der Waals surface area contributed by atoms with E-state index in [2.05, 4.69) is 15.3 Å². The Bertz CT molecular complexity index is 823. The summed E-state index contributed by atoms with van der Waals surface area (Å²) in [5.41, 5.74) is 0.670. The Hall–Kier alpha value is -2.61. The van der Waals surface area contributed by atoms with Gasteiger partial charge in [-0.3, -0.25) is 4.79 Å². The highest BCUT2D eigenvalue weighted by molar-refractivity contribution is 7.99. The van der Waals surface area contributed by atoms with Crippen LogP contribution in [0.5, 0.6) is 5.75 Å². The molecule has 1 aliphatic rings. The highest BCUT2D eigenvalue weighted by Gasteiger charge is 2.24. The van der Waals surface area contributed by atoms with Crippen molar-refractivity contribution in [2.24, 2.45) is 0 Å². The van der Waals surface area contributed by atoms with Gasteiger partial charge in [0.05, 0.1) is 19.8 Å². The van der Waals surface area contributed by atoms with Gasteiger partial charge in [-0.2, -0.15) is 0 Å². The van der Waals surface area contributed by atoms with Gasteiger partial charge in [0.25, 0.3) is 5.91 Å². The number of hydrogen-bond acceptors (Lipinski definition) is 7. The molecule has 28 heavy (non-hydrogen) atoms. The summed E-state index contributed by atoms with van der Waals surface area (Å²) in [7, 11) is 2.80. The van der Waals surface area contributed by atoms with Crippen LogP contribution in [0.3, 0.4) is 0 Å². The van der Waals surface area contributed by atoms with Crippen LogP contribution in [-0.4, -0.2) is 47.4 Å². The molecule has 1 N–H and O–H groups in total. The largest absolute Gasteiger partial charge is 0.497 e. The van der Waals surface area contributed by atoms with Gasteiger partial charge in [-0.05, 0) is 49.9 Å². The van der Waals surface area contributed by atoms with Crippen LogP contribution in [0.1, 0.15) is 46.4 Å². The SMILES string of the molecule is COC(=O)c1cc(OC)cc(C(=O)NC2CCC(Sc3ncccn3)CC2)c1. The first kappa shape index (κ1) is 20.1. The zero-order valence-electron chi connectivity index (χ0n) is 15.9. The predicted octanol–water partition coefficient (Wildman–Crippen LogP) is 3.11. The molecule has 3 rings (SSSR count). The number of nitrogens with zero attached hydrogens (tertiary/aromatic N) is 2. The van der Waals surface area contributed by atoms with E-state index in [1.807, 2.05) is 0 Å². The van der Waals surface area contributed by atoms with E-state index in [0.29, 0.717) is 16.6 Å². The Kier molecular flexibility index (Phi) is 6.86. The molecular weight excluding hydrogens is 378 g/mol. The van der Waals surface area contributed by atoms with Gasteiger partial charge < -0.3 is 14.8 Å². The lowest BCUT2D eigenvalue weighted by Crippen LogP contribution is -2.38. The van der Waals surface area contributed by atoms with Crippen LogP contribution in [0, 0.1) is 0 Å². The molecule has 1 saturated carbocycles. The third kappa shape index (κ3) is 5.22. The van der Waals surface area contributed by atoms with Crippen molar-refractivity contribution in [3.8, 4) is 5.75 Å². The van der Waals surface area contributed by atoms with Gasteiger partial charge in [-0.1, -0.05) is 11.8 Å². The molecule has 1 amide bonds. The lowest BCUT2D eigenvalue weighted by Gasteiger charge is -2.28. The number of esters is 1. The van der Waals surface area contributed by atoms with E-state index in [1.54, 1.807) is 42.4 Å². The van der Waals surface area contributed by atoms with Crippen molar-refractivity contribution in [2.45, 2.75) is 42.1 Å². The van der Waals surface area contributed by atoms with Gasteiger partial charge in [-0.25, -0.2) is 14.8 Å². The van der Waals surface area contributed by atoms with Crippen molar-refractivity contribution < 1.29 is 19.1 Å². The fourth-order valence-corrected chi connectivity index (χ4v) is 4.22. The van der Waals surface area contributed by atoms with Crippen molar-refractivity contribution in [1.29, 1.82) is 0 Å². The van der Waals surface area contributed by atoms with E-state index in [9.17, 15) is 9.59 Å². The fraction of sp³-hybridized carbons (Fsp3) is 0.400. The molecule has 148 valence electrons. The Labute approximate surface area is 168 Å². The number of carbonyl (C=O) groups excluding carboxylic acids is 2. The molecule has 0 spiro atoms. The van der Waals surface area contributed by atoms with Crippen molar-refractivity contribution in [3.63, 3.8) is 0 Å². The van der Waals surface area contributed by atoms with Gasteiger partial charge >= 0.3 is 5.97 Å². The number of methoxy groups -OCH3 is 2. The summed E-state index contributed by atoms with van der Waals surface area (Å²) in [4.78, 5) is 33.0. The Morgan fingerprint density at radius 1 is 1.04 bits per heavy atom. The molecular formula is C20H23N3O4S. The molecule has 1 fully saturated rings. The first-order chi connectivity index (χ1) is 13.6. The molecule has 0 aliphatic heterocycles. The standard InChI is InChI=1S/C20H23N3O4S/c1-26-16-11-13(10-14(12-16)19(25)27-2)18(24)23-15-4-6-17(7-5-15)28-20-21-8-3-9-22-20/h3,8-12,15,17H,4-7H2,1-2H3,(H,23,24). The van der Waals surface area contributed by atoms with Gasteiger partial charge in [0.2, 0.25) is 0 Å². The predicted molar refractivity (Wildman–Crippen MR) is 106 cm³/mol. The summed E-state index contributed by atoms with van der Waals surface area (Å²) in [5, 5.41) is 4.32. The van der Waals surface area contributed by atoms with E-state index in [0.717, 1.165) is 30.8 Å². The maximum Gasteiger partial charge on any atom is 0.338 e. The number of thioether (sulfide) groups is 1. The van der Waals surface area contributed by atoms with Crippen LogP contribution in [0.15, 0.2) is 41.8 Å². The lowest BCUT2D eigenvalue weighted by atomic mass is 9.94. The van der Waals surface area contributed by atoms with Crippen LogP contribution in [0.25, 0.3) is 0 Å². The normalized spacial score (nSPS) is 18.9. The van der Waals surface area contributed by atoms with Gasteiger partial charge in [0.15, 0.2) is 5.16 Å². The molecule has 0 saturated heterocycles. The summed E-state index contributed by atoms with van der Waals surface area (Å²) >= 11 is 1.69. The third-order valence-electron chi connectivity index (χ3n) is 4.65. The number of nitrogens with one attached hydrogen (secondary N) is 1. The number of amides is 1. The van der Waals surface area contributed by atoms with Gasteiger partial charge in [0.1, 0.15) is 5.75 Å². The summed E-state index contributed by atoms with van der Waals surface area (Å²) < 4.78 is 9.94. The molecule has 7 nitrogen and oxygen atoms in total. The number of ether oxygens (including phenoxy) is 2. The zero-order valence-corrected chi connectivity index (χ0v) is 16.7. The minimum atomic E-state index is -0.506. The smallest absolute Gasteiger partial charge is 0.338 e. The van der Waals surface area contributed by atoms with Crippen molar-refractivity contribution >= 4 is 23.6 Å². The van der Waals surface area contributed by atoms with Crippen LogP contribution >= 0.6 is 11.8 Å². The second-order valence-electron chi connectivity index (χ2n) is 6.54. The Morgan fingerprint density at radius 2 is 1.71 bits per heavy atom. The van der Waals surface area contributed by atoms with Crippen molar-refractivity contribution in [3.05, 3.63) is 47.8 Å². The fourth-order valence-electron chi connectivity index (χ4n) is 3.17. The molecule has 1 aromatic heterocycles. The number of aromatic nitrogens is 2. The van der Waals surface area contributed by atoms with Crippen LogP contribution in [0.4, 0.5) is 0 Å². The maximum absolute atomic E-state index is 12.7. The zero-order chi connectivity index (χ0) is 19.9. The Balaban J connectivity index is 1.57. The molecule has 0 atom stereocenters. The van der Waals surface area contributed by atoms with Crippen LogP contribution in [0.2, 0.25) is 0 Å². The summed E-state index contributed by atoms with van der Waals surface area (Å²) in [5.74, 6) is -0.281. The number of benzene rings is 1. The van der Waals surface area contributed by atoms with Gasteiger partial charge in [-0.15, -0.1) is 0 Å². The molecule has 1 heterocycles.